The van der Waals surface area contributed by atoms with Crippen molar-refractivity contribution in [3.05, 3.63) is 94.1 Å². The summed E-state index contributed by atoms with van der Waals surface area (Å²) in [6.45, 7) is 10.2. The van der Waals surface area contributed by atoms with E-state index in [4.69, 9.17) is 36.3 Å². The van der Waals surface area contributed by atoms with Gasteiger partial charge in [0.25, 0.3) is 0 Å². The second kappa shape index (κ2) is 19.9. The largest absolute Gasteiger partial charge is 0.399 e. The van der Waals surface area contributed by atoms with Crippen LogP contribution in [0.4, 0.5) is 28.8 Å². The van der Waals surface area contributed by atoms with Crippen LogP contribution in [0, 0.1) is 0 Å². The molecule has 0 bridgehead atoms. The maximum absolute atomic E-state index is 12.8. The molecule has 3 aromatic carbocycles. The van der Waals surface area contributed by atoms with E-state index in [0.29, 0.717) is 37.3 Å². The lowest BCUT2D eigenvalue weighted by molar-refractivity contribution is -0.0972. The number of fused-ring (bicyclic) bond motifs is 2. The van der Waals surface area contributed by atoms with E-state index in [1.807, 2.05) is 12.1 Å². The average Bonchev–Trinajstić information content (AvgIpc) is 3.56. The van der Waals surface area contributed by atoms with E-state index in [9.17, 15) is 8.42 Å². The number of anilines is 5. The van der Waals surface area contributed by atoms with Crippen LogP contribution >= 0.6 is 11.6 Å². The van der Waals surface area contributed by atoms with E-state index in [0.717, 1.165) is 100 Å². The number of para-hydroxylation sites is 1. The van der Waals surface area contributed by atoms with Gasteiger partial charge in [0.2, 0.25) is 16.0 Å². The van der Waals surface area contributed by atoms with E-state index in [1.54, 1.807) is 24.3 Å². The summed E-state index contributed by atoms with van der Waals surface area (Å²) in [5, 5.41) is 6.61. The smallest absolute Gasteiger partial charge is 0.244 e. The Hall–Kier alpha value is -3.90. The number of sulfonamides is 1. The van der Waals surface area contributed by atoms with Gasteiger partial charge in [-0.1, -0.05) is 35.9 Å². The molecule has 4 aromatic rings. The maximum atomic E-state index is 12.8. The Morgan fingerprint density at radius 3 is 1.97 bits per heavy atom. The molecule has 2 saturated heterocycles. The summed E-state index contributed by atoms with van der Waals surface area (Å²) in [4.78, 5) is 13.9. The number of ether oxygens (including phenoxy) is 4. The number of nitrogens with one attached hydrogen (secondary N) is 2. The van der Waals surface area contributed by atoms with Gasteiger partial charge in [0.15, 0.2) is 5.82 Å². The molecule has 0 amide bonds. The highest BCUT2D eigenvalue weighted by atomic mass is 35.5. The van der Waals surface area contributed by atoms with Gasteiger partial charge in [0.05, 0.1) is 63.7 Å². The third-order valence-electron chi connectivity index (χ3n) is 10.8. The fraction of sp³-hybridized carbons (Fsp3) is 0.476. The van der Waals surface area contributed by atoms with Gasteiger partial charge in [-0.05, 0) is 84.3 Å². The zero-order valence-electron chi connectivity index (χ0n) is 33.4. The van der Waals surface area contributed by atoms with E-state index in [1.165, 1.54) is 42.5 Å². The number of nitrogens with two attached hydrogens (primary N) is 1. The van der Waals surface area contributed by atoms with Crippen LogP contribution in [0.1, 0.15) is 22.3 Å². The second-order valence-corrected chi connectivity index (χ2v) is 17.7. The Morgan fingerprint density at radius 2 is 1.36 bits per heavy atom. The van der Waals surface area contributed by atoms with Crippen molar-refractivity contribution in [2.75, 3.05) is 109 Å². The van der Waals surface area contributed by atoms with Crippen molar-refractivity contribution < 1.29 is 27.4 Å². The minimum atomic E-state index is -3.67. The molecule has 0 aliphatic carbocycles. The molecular formula is C42H55ClN8O6S. The first kappa shape index (κ1) is 42.2. The predicted octanol–water partition coefficient (Wildman–Crippen LogP) is 4.77. The third kappa shape index (κ3) is 11.2. The summed E-state index contributed by atoms with van der Waals surface area (Å²) in [5.74, 6) is 0.648. The minimum Gasteiger partial charge on any atom is -0.399 e. The van der Waals surface area contributed by atoms with E-state index in [2.05, 4.69) is 54.7 Å². The first-order valence-corrected chi connectivity index (χ1v) is 21.8. The molecule has 0 saturated carbocycles. The SMILES string of the molecule is CN(C)S(=O)(=O)c1ccccc1Nc1nc(Nc2ccc3c(c2)CCN(CC2COCCO2)CC3)ncc1Cl.Nc1ccc2c(c1)CCN(CC1COCCO1)CC2. The van der Waals surface area contributed by atoms with Crippen LogP contribution in [0.15, 0.2) is 71.8 Å². The lowest BCUT2D eigenvalue weighted by atomic mass is 10.0. The molecule has 312 valence electrons. The zero-order valence-corrected chi connectivity index (χ0v) is 34.9. The Balaban J connectivity index is 0.000000224. The van der Waals surface area contributed by atoms with Crippen LogP contribution in [0.2, 0.25) is 5.02 Å². The van der Waals surface area contributed by atoms with E-state index < -0.39 is 10.0 Å². The van der Waals surface area contributed by atoms with Gasteiger partial charge in [-0.2, -0.15) is 4.98 Å². The number of rotatable bonds is 10. The second-order valence-electron chi connectivity index (χ2n) is 15.2. The summed E-state index contributed by atoms with van der Waals surface area (Å²) in [6, 6.07) is 19.3. The Labute approximate surface area is 347 Å². The fourth-order valence-corrected chi connectivity index (χ4v) is 8.81. The van der Waals surface area contributed by atoms with Crippen molar-refractivity contribution in [1.82, 2.24) is 24.1 Å². The molecule has 14 nitrogen and oxygen atoms in total. The lowest BCUT2D eigenvalue weighted by Gasteiger charge is -2.28. The lowest BCUT2D eigenvalue weighted by Crippen LogP contribution is -2.41. The molecule has 58 heavy (non-hydrogen) atoms. The van der Waals surface area contributed by atoms with E-state index in [-0.39, 0.29) is 22.1 Å². The highest BCUT2D eigenvalue weighted by Gasteiger charge is 2.24. The summed E-state index contributed by atoms with van der Waals surface area (Å²) in [6.07, 6.45) is 5.95. The van der Waals surface area contributed by atoms with Gasteiger partial charge in [-0.3, -0.25) is 0 Å². The molecule has 2 unspecified atom stereocenters. The molecule has 5 heterocycles. The van der Waals surface area contributed by atoms with Gasteiger partial charge in [0.1, 0.15) is 9.92 Å². The highest BCUT2D eigenvalue weighted by Crippen LogP contribution is 2.30. The van der Waals surface area contributed by atoms with Crippen molar-refractivity contribution in [2.24, 2.45) is 0 Å². The van der Waals surface area contributed by atoms with Crippen molar-refractivity contribution in [3.63, 3.8) is 0 Å². The quantitative estimate of drug-likeness (QED) is 0.188. The number of halogens is 1. The van der Waals surface area contributed by atoms with Gasteiger partial charge >= 0.3 is 0 Å². The number of benzene rings is 3. The Bertz CT molecular complexity index is 2100. The predicted molar refractivity (Wildman–Crippen MR) is 227 cm³/mol. The molecule has 2 atom stereocenters. The van der Waals surface area contributed by atoms with Crippen LogP contribution in [0.5, 0.6) is 0 Å². The third-order valence-corrected chi connectivity index (χ3v) is 13.0. The van der Waals surface area contributed by atoms with Crippen LogP contribution in [-0.2, 0) is 54.7 Å². The van der Waals surface area contributed by atoms with Gasteiger partial charge < -0.3 is 45.1 Å². The summed E-state index contributed by atoms with van der Waals surface area (Å²) in [7, 11) is -0.691. The zero-order chi connectivity index (χ0) is 40.5. The van der Waals surface area contributed by atoms with Crippen LogP contribution in [0.3, 0.4) is 0 Å². The van der Waals surface area contributed by atoms with Crippen molar-refractivity contribution in [2.45, 2.75) is 42.8 Å². The summed E-state index contributed by atoms with van der Waals surface area (Å²) < 4.78 is 49.3. The first-order valence-electron chi connectivity index (χ1n) is 20.0. The topological polar surface area (TPSA) is 157 Å². The molecule has 0 radical (unpaired) electrons. The normalized spacial score (nSPS) is 20.5. The van der Waals surface area contributed by atoms with Crippen molar-refractivity contribution in [3.8, 4) is 0 Å². The van der Waals surface area contributed by atoms with Crippen molar-refractivity contribution in [1.29, 1.82) is 0 Å². The molecule has 2 fully saturated rings. The van der Waals surface area contributed by atoms with E-state index >= 15 is 0 Å². The molecular weight excluding hydrogens is 780 g/mol. The molecule has 1 aromatic heterocycles. The maximum Gasteiger partial charge on any atom is 0.244 e. The number of hydrogen-bond acceptors (Lipinski definition) is 13. The van der Waals surface area contributed by atoms with Gasteiger partial charge in [-0.15, -0.1) is 0 Å². The van der Waals surface area contributed by atoms with Crippen LogP contribution < -0.4 is 16.4 Å². The number of nitrogen functional groups attached to an aromatic ring is 1. The van der Waals surface area contributed by atoms with Gasteiger partial charge in [-0.25, -0.2) is 17.7 Å². The van der Waals surface area contributed by atoms with Crippen molar-refractivity contribution >= 4 is 50.5 Å². The first-order chi connectivity index (χ1) is 28.1. The Morgan fingerprint density at radius 1 is 0.776 bits per heavy atom. The molecule has 4 aliphatic rings. The fourth-order valence-electron chi connectivity index (χ4n) is 7.63. The number of hydrogen-bond donors (Lipinski definition) is 3. The molecule has 0 spiro atoms. The molecule has 8 rings (SSSR count). The minimum absolute atomic E-state index is 0.126. The monoisotopic (exact) mass is 834 g/mol. The van der Waals surface area contributed by atoms with Gasteiger partial charge in [0, 0.05) is 64.7 Å². The average molecular weight is 835 g/mol. The molecule has 16 heteroatoms. The molecule has 4 aliphatic heterocycles. The van der Waals surface area contributed by atoms with Crippen LogP contribution in [-0.4, -0.2) is 138 Å². The Kier molecular flexibility index (Phi) is 14.5. The number of aromatic nitrogens is 2. The summed E-state index contributed by atoms with van der Waals surface area (Å²) >= 11 is 6.38. The van der Waals surface area contributed by atoms with Crippen LogP contribution in [0.25, 0.3) is 0 Å². The number of nitrogens with zero attached hydrogens (tertiary/aromatic N) is 5. The summed E-state index contributed by atoms with van der Waals surface area (Å²) in [5.41, 5.74) is 13.5. The standard InChI is InChI=1S/C27H33ClN6O4S.C15H22N2O2/c1-33(2)39(35,36)25-6-4-3-5-24(25)31-26-23(28)16-29-27(32-26)30-21-8-7-19-9-11-34(12-10-20(19)15-21)17-22-18-37-13-14-38-22;16-14-2-1-12-3-5-17(6-4-13(12)9-14)10-15-11-18-7-8-19-15/h3-8,15-16,22H,9-14,17-18H2,1-2H3,(H2,29,30,31,32);1-2,9,15H,3-8,10-11,16H2. The molecule has 4 N–H and O–H groups in total. The highest BCUT2D eigenvalue weighted by molar-refractivity contribution is 7.89.